The van der Waals surface area contributed by atoms with Crippen molar-refractivity contribution in [2.24, 2.45) is 0 Å². The van der Waals surface area contributed by atoms with Gasteiger partial charge in [-0.3, -0.25) is 0 Å². The Labute approximate surface area is 343 Å². The molecule has 1 N–H and O–H groups in total. The van der Waals surface area contributed by atoms with Gasteiger partial charge in [0, 0.05) is 43.1 Å². The van der Waals surface area contributed by atoms with Crippen molar-refractivity contribution in [3.05, 3.63) is 149 Å². The maximum atomic E-state index is 14.2. The van der Waals surface area contributed by atoms with E-state index in [0.29, 0.717) is 46.4 Å². The standard InChI is InChI=1S/C22H11Cl2F2NO2S.C17H10BrCl2NO2S/c23-17-5-2-11(8-18(17)24)20-10-30-21(27-20)12-1-4-14(16(7-12)22(28)29)15-9-13(25)3-6-19(15)26;1-23-17(22)11-6-10(2-4-12(11)18)16-21-15(8-24-16)9-3-5-13(19)14(20)7-9/h1-10H,(H,28,29);2-8H,1H3. The summed E-state index contributed by atoms with van der Waals surface area (Å²) in [5, 5.41) is 16.6. The number of methoxy groups -OCH3 is 1. The number of benzene rings is 5. The number of thiazole rings is 2. The molecule has 272 valence electrons. The summed E-state index contributed by atoms with van der Waals surface area (Å²) in [6.45, 7) is 0. The smallest absolute Gasteiger partial charge is 0.339 e. The molecule has 0 amide bonds. The highest BCUT2D eigenvalue weighted by molar-refractivity contribution is 9.10. The van der Waals surface area contributed by atoms with Gasteiger partial charge in [-0.1, -0.05) is 76.7 Å². The number of carbonyl (C=O) groups excluding carboxylic acids is 1. The summed E-state index contributed by atoms with van der Waals surface area (Å²) in [5.74, 6) is -3.01. The van der Waals surface area contributed by atoms with E-state index >= 15 is 0 Å². The summed E-state index contributed by atoms with van der Waals surface area (Å²) in [7, 11) is 1.35. The van der Waals surface area contributed by atoms with E-state index in [2.05, 4.69) is 25.9 Å². The minimum absolute atomic E-state index is 0.0875. The van der Waals surface area contributed by atoms with Gasteiger partial charge < -0.3 is 9.84 Å². The van der Waals surface area contributed by atoms with E-state index < -0.39 is 23.6 Å². The number of esters is 1. The third kappa shape index (κ3) is 8.84. The molecular formula is C39H21BrCl4F2N2O4S2. The fraction of sp³-hybridized carbons (Fsp3) is 0.0256. The van der Waals surface area contributed by atoms with Crippen molar-refractivity contribution in [3.63, 3.8) is 0 Å². The Bertz CT molecular complexity index is 2570. The average molecular weight is 905 g/mol. The molecular weight excluding hydrogens is 884 g/mol. The first kappa shape index (κ1) is 39.5. The van der Waals surface area contributed by atoms with Gasteiger partial charge >= 0.3 is 11.9 Å². The zero-order valence-electron chi connectivity index (χ0n) is 27.3. The Balaban J connectivity index is 0.000000189. The Morgan fingerprint density at radius 1 is 0.648 bits per heavy atom. The molecule has 6 nitrogen and oxygen atoms in total. The number of carboxylic acids is 1. The van der Waals surface area contributed by atoms with Gasteiger partial charge in [0.05, 0.1) is 49.7 Å². The maximum Gasteiger partial charge on any atom is 0.339 e. The SMILES string of the molecule is COC(=O)c1cc(-c2nc(-c3ccc(Cl)c(Cl)c3)cs2)ccc1Br.O=C(O)c1cc(-c2nc(-c3ccc(Cl)c(Cl)c3)cs2)ccc1-c1cc(F)ccc1F. The van der Waals surface area contributed by atoms with E-state index in [1.807, 2.05) is 29.0 Å². The number of nitrogens with zero attached hydrogens (tertiary/aromatic N) is 2. The topological polar surface area (TPSA) is 89.4 Å². The lowest BCUT2D eigenvalue weighted by atomic mass is 9.97. The maximum absolute atomic E-state index is 14.2. The third-order valence-corrected chi connectivity index (χ3v) is 11.7. The van der Waals surface area contributed by atoms with Gasteiger partial charge in [0.1, 0.15) is 21.6 Å². The van der Waals surface area contributed by atoms with Gasteiger partial charge in [0.25, 0.3) is 0 Å². The molecule has 0 aliphatic carbocycles. The Hall–Kier alpha value is -4.20. The number of halogens is 7. The molecule has 7 rings (SSSR count). The van der Waals surface area contributed by atoms with Gasteiger partial charge in [0.15, 0.2) is 0 Å². The molecule has 54 heavy (non-hydrogen) atoms. The van der Waals surface area contributed by atoms with Crippen LogP contribution >= 0.6 is 85.0 Å². The minimum Gasteiger partial charge on any atom is -0.478 e. The molecule has 0 fully saturated rings. The molecule has 0 unspecified atom stereocenters. The number of carbonyl (C=O) groups is 2. The van der Waals surface area contributed by atoms with Gasteiger partial charge in [-0.05, 0) is 82.2 Å². The molecule has 0 atom stereocenters. The zero-order valence-corrected chi connectivity index (χ0v) is 33.6. The second-order valence-electron chi connectivity index (χ2n) is 11.2. The highest BCUT2D eigenvalue weighted by Crippen LogP contribution is 2.36. The van der Waals surface area contributed by atoms with Crippen LogP contribution in [0.4, 0.5) is 8.78 Å². The molecule has 15 heteroatoms. The van der Waals surface area contributed by atoms with Crippen LogP contribution in [-0.2, 0) is 4.74 Å². The van der Waals surface area contributed by atoms with Crippen molar-refractivity contribution in [1.29, 1.82) is 0 Å². The molecule has 2 aromatic heterocycles. The quantitative estimate of drug-likeness (QED) is 0.160. The molecule has 0 bridgehead atoms. The zero-order chi connectivity index (χ0) is 38.7. The van der Waals surface area contributed by atoms with E-state index in [9.17, 15) is 23.5 Å². The molecule has 2 heterocycles. The normalized spacial score (nSPS) is 10.8. The fourth-order valence-corrected chi connectivity index (χ4v) is 7.76. The Morgan fingerprint density at radius 3 is 1.69 bits per heavy atom. The lowest BCUT2D eigenvalue weighted by Gasteiger charge is -2.09. The van der Waals surface area contributed by atoms with Crippen molar-refractivity contribution in [1.82, 2.24) is 9.97 Å². The van der Waals surface area contributed by atoms with Crippen LogP contribution in [-0.4, -0.2) is 34.1 Å². The number of aromatic nitrogens is 2. The Kier molecular flexibility index (Phi) is 12.5. The van der Waals surface area contributed by atoms with E-state index in [1.165, 1.54) is 41.9 Å². The number of ether oxygens (including phenoxy) is 1. The van der Waals surface area contributed by atoms with Crippen molar-refractivity contribution in [3.8, 4) is 54.8 Å². The summed E-state index contributed by atoms with van der Waals surface area (Å²) in [6.07, 6.45) is 0. The fourth-order valence-electron chi connectivity index (χ4n) is 5.11. The van der Waals surface area contributed by atoms with Crippen LogP contribution in [0.2, 0.25) is 20.1 Å². The third-order valence-electron chi connectivity index (χ3n) is 7.77. The number of carboxylic acid groups (broad SMARTS) is 1. The Morgan fingerprint density at radius 2 is 1.17 bits per heavy atom. The molecule has 0 saturated heterocycles. The summed E-state index contributed by atoms with van der Waals surface area (Å²) in [6, 6.07) is 23.4. The summed E-state index contributed by atoms with van der Waals surface area (Å²) >= 11 is 30.2. The van der Waals surface area contributed by atoms with Crippen molar-refractivity contribution in [2.45, 2.75) is 0 Å². The molecule has 0 saturated carbocycles. The van der Waals surface area contributed by atoms with E-state index in [-0.39, 0.29) is 16.7 Å². The largest absolute Gasteiger partial charge is 0.478 e. The summed E-state index contributed by atoms with van der Waals surface area (Å²) in [4.78, 5) is 32.8. The van der Waals surface area contributed by atoms with E-state index in [4.69, 9.17) is 51.1 Å². The second-order valence-corrected chi connectivity index (χ2v) is 15.4. The number of hydrogen-bond acceptors (Lipinski definition) is 7. The van der Waals surface area contributed by atoms with Crippen LogP contribution in [0.25, 0.3) is 54.8 Å². The minimum atomic E-state index is -1.25. The predicted octanol–water partition coefficient (Wildman–Crippen LogP) is 13.8. The van der Waals surface area contributed by atoms with Crippen molar-refractivity contribution < 1.29 is 28.2 Å². The van der Waals surface area contributed by atoms with Crippen LogP contribution in [0.1, 0.15) is 20.7 Å². The van der Waals surface area contributed by atoms with Crippen molar-refractivity contribution >= 4 is 96.9 Å². The van der Waals surface area contributed by atoms with Crippen LogP contribution in [0.3, 0.4) is 0 Å². The lowest BCUT2D eigenvalue weighted by molar-refractivity contribution is 0.0598. The molecule has 0 radical (unpaired) electrons. The molecule has 0 aliphatic rings. The summed E-state index contributed by atoms with van der Waals surface area (Å²) < 4.78 is 33.2. The van der Waals surface area contributed by atoms with Gasteiger partial charge in [-0.25, -0.2) is 28.3 Å². The number of hydrogen-bond donors (Lipinski definition) is 1. The van der Waals surface area contributed by atoms with E-state index in [0.717, 1.165) is 45.6 Å². The molecule has 5 aromatic carbocycles. The lowest BCUT2D eigenvalue weighted by Crippen LogP contribution is -2.02. The molecule has 7 aromatic rings. The molecule has 0 spiro atoms. The highest BCUT2D eigenvalue weighted by atomic mass is 79.9. The molecule has 0 aliphatic heterocycles. The first-order chi connectivity index (χ1) is 25.8. The van der Waals surface area contributed by atoms with Gasteiger partial charge in [0.2, 0.25) is 0 Å². The van der Waals surface area contributed by atoms with Crippen molar-refractivity contribution in [2.75, 3.05) is 7.11 Å². The van der Waals surface area contributed by atoms with E-state index in [1.54, 1.807) is 42.5 Å². The van der Waals surface area contributed by atoms with Crippen LogP contribution in [0.5, 0.6) is 0 Å². The van der Waals surface area contributed by atoms with Gasteiger partial charge in [-0.15, -0.1) is 22.7 Å². The second kappa shape index (κ2) is 17.1. The first-order valence-corrected chi connectivity index (χ1v) is 19.4. The highest BCUT2D eigenvalue weighted by Gasteiger charge is 2.19. The first-order valence-electron chi connectivity index (χ1n) is 15.4. The van der Waals surface area contributed by atoms with Gasteiger partial charge in [-0.2, -0.15) is 0 Å². The number of aromatic carboxylic acids is 1. The van der Waals surface area contributed by atoms with Crippen LogP contribution < -0.4 is 0 Å². The van der Waals surface area contributed by atoms with Crippen LogP contribution in [0.15, 0.2) is 106 Å². The monoisotopic (exact) mass is 902 g/mol. The predicted molar refractivity (Wildman–Crippen MR) is 217 cm³/mol. The number of rotatable bonds is 7. The van der Waals surface area contributed by atoms with Crippen LogP contribution in [0, 0.1) is 11.6 Å². The average Bonchev–Trinajstić information content (AvgIpc) is 3.86. The summed E-state index contributed by atoms with van der Waals surface area (Å²) in [5.41, 5.74) is 4.78.